The SMILES string of the molecule is CC(C)(O)CNC(=O)c1ccc(N2C(S)N(c3cnc(C#N)c(C(F)(F)F)c3)C(=O)C23CCC3)cc1F. The standard InChI is InChI=1S/C24H23F4N5O3S/c1-22(2,36)12-31-19(34)15-5-4-13(9-17(15)25)33-21(37)32(20(35)23(33)6-3-7-23)14-8-16(24(26,27)28)18(10-29)30-11-14/h4-5,8-9,11,21,36-37H,3,6-7,12H2,1-2H3,(H,31,34). The van der Waals surface area contributed by atoms with E-state index in [-0.39, 0.29) is 23.5 Å². The monoisotopic (exact) mass is 537 g/mol. The van der Waals surface area contributed by atoms with Crippen LogP contribution in [0.25, 0.3) is 0 Å². The van der Waals surface area contributed by atoms with Crippen molar-refractivity contribution >= 4 is 35.8 Å². The number of carbonyl (C=O) groups is 2. The number of aromatic nitrogens is 1. The van der Waals surface area contributed by atoms with Gasteiger partial charge in [-0.2, -0.15) is 18.4 Å². The molecule has 1 aliphatic heterocycles. The van der Waals surface area contributed by atoms with Crippen LogP contribution in [0.2, 0.25) is 0 Å². The number of thiol groups is 1. The Labute approximate surface area is 215 Å². The molecule has 37 heavy (non-hydrogen) atoms. The second kappa shape index (κ2) is 9.18. The Morgan fingerprint density at radius 2 is 1.97 bits per heavy atom. The number of carbonyl (C=O) groups excluding carboxylic acids is 2. The van der Waals surface area contributed by atoms with E-state index in [0.29, 0.717) is 25.3 Å². The van der Waals surface area contributed by atoms with Gasteiger partial charge >= 0.3 is 6.18 Å². The number of benzene rings is 1. The molecule has 1 aliphatic carbocycles. The van der Waals surface area contributed by atoms with Crippen molar-refractivity contribution in [2.24, 2.45) is 0 Å². The van der Waals surface area contributed by atoms with Crippen LogP contribution in [0, 0.1) is 17.1 Å². The second-order valence-corrected chi connectivity index (χ2v) is 10.1. The molecule has 2 aromatic rings. The van der Waals surface area contributed by atoms with Crippen molar-refractivity contribution in [3.05, 3.63) is 53.1 Å². The molecule has 2 N–H and O–H groups in total. The fourth-order valence-electron chi connectivity index (χ4n) is 4.49. The molecule has 1 unspecified atom stereocenters. The van der Waals surface area contributed by atoms with Crippen molar-refractivity contribution in [1.82, 2.24) is 10.3 Å². The van der Waals surface area contributed by atoms with E-state index in [9.17, 15) is 27.9 Å². The van der Waals surface area contributed by atoms with Gasteiger partial charge in [-0.25, -0.2) is 9.37 Å². The zero-order valence-electron chi connectivity index (χ0n) is 19.8. The third-order valence-corrected chi connectivity index (χ3v) is 6.90. The molecule has 0 bridgehead atoms. The Kier molecular flexibility index (Phi) is 6.62. The number of nitrogens with one attached hydrogen (secondary N) is 1. The maximum atomic E-state index is 15.0. The van der Waals surface area contributed by atoms with Crippen LogP contribution in [0.1, 0.15) is 54.7 Å². The summed E-state index contributed by atoms with van der Waals surface area (Å²) in [4.78, 5) is 32.1. The van der Waals surface area contributed by atoms with Crippen molar-refractivity contribution in [3.8, 4) is 6.07 Å². The maximum Gasteiger partial charge on any atom is 0.419 e. The second-order valence-electron chi connectivity index (χ2n) is 9.64. The van der Waals surface area contributed by atoms with Gasteiger partial charge in [-0.05, 0) is 57.4 Å². The summed E-state index contributed by atoms with van der Waals surface area (Å²) < 4.78 is 55.6. The zero-order chi connectivity index (χ0) is 27.3. The van der Waals surface area contributed by atoms with Crippen LogP contribution in [0.5, 0.6) is 0 Å². The van der Waals surface area contributed by atoms with E-state index in [2.05, 4.69) is 22.9 Å². The molecule has 2 fully saturated rings. The maximum absolute atomic E-state index is 15.0. The molecule has 1 spiro atoms. The van der Waals surface area contributed by atoms with Crippen molar-refractivity contribution in [1.29, 1.82) is 5.26 Å². The molecule has 8 nitrogen and oxygen atoms in total. The van der Waals surface area contributed by atoms with Gasteiger partial charge in [0.2, 0.25) is 0 Å². The number of nitrogens with zero attached hydrogens (tertiary/aromatic N) is 4. The van der Waals surface area contributed by atoms with Gasteiger partial charge in [-0.3, -0.25) is 14.5 Å². The van der Waals surface area contributed by atoms with Crippen molar-refractivity contribution in [2.45, 2.75) is 55.9 Å². The fourth-order valence-corrected chi connectivity index (χ4v) is 5.08. The van der Waals surface area contributed by atoms with E-state index in [4.69, 9.17) is 5.26 Å². The van der Waals surface area contributed by atoms with Gasteiger partial charge in [0.25, 0.3) is 11.8 Å². The number of nitriles is 1. The van der Waals surface area contributed by atoms with E-state index in [1.54, 1.807) is 0 Å². The van der Waals surface area contributed by atoms with Crippen molar-refractivity contribution < 1.29 is 32.3 Å². The normalized spacial score (nSPS) is 19.1. The summed E-state index contributed by atoms with van der Waals surface area (Å²) in [6.07, 6.45) is -2.48. The molecule has 1 saturated heterocycles. The molecule has 1 saturated carbocycles. The van der Waals surface area contributed by atoms with Crippen LogP contribution < -0.4 is 15.1 Å². The summed E-state index contributed by atoms with van der Waals surface area (Å²) in [6.45, 7) is 2.85. The number of aliphatic hydroxyl groups is 1. The van der Waals surface area contributed by atoms with Crippen LogP contribution in [-0.4, -0.2) is 45.1 Å². The van der Waals surface area contributed by atoms with Gasteiger partial charge in [-0.1, -0.05) is 0 Å². The van der Waals surface area contributed by atoms with Gasteiger partial charge in [-0.15, -0.1) is 12.6 Å². The Morgan fingerprint density at radius 3 is 2.49 bits per heavy atom. The topological polar surface area (TPSA) is 110 Å². The van der Waals surface area contributed by atoms with Crippen LogP contribution in [0.15, 0.2) is 30.5 Å². The molecule has 0 radical (unpaired) electrons. The lowest BCUT2D eigenvalue weighted by atomic mass is 9.75. The van der Waals surface area contributed by atoms with Crippen LogP contribution in [0.3, 0.4) is 0 Å². The Bertz CT molecular complexity index is 1300. The quantitative estimate of drug-likeness (QED) is 0.397. The Balaban J connectivity index is 1.70. The molecule has 196 valence electrons. The van der Waals surface area contributed by atoms with Crippen LogP contribution >= 0.6 is 12.6 Å². The molecule has 13 heteroatoms. The number of hydrogen-bond acceptors (Lipinski definition) is 7. The minimum Gasteiger partial charge on any atom is -0.389 e. The molecule has 2 heterocycles. The first-order valence-electron chi connectivity index (χ1n) is 11.3. The number of hydrogen-bond donors (Lipinski definition) is 3. The number of anilines is 2. The lowest BCUT2D eigenvalue weighted by molar-refractivity contribution is -0.138. The highest BCUT2D eigenvalue weighted by Crippen LogP contribution is 2.50. The van der Waals surface area contributed by atoms with Crippen molar-refractivity contribution in [2.75, 3.05) is 16.3 Å². The molecule has 2 amide bonds. The molecular formula is C24H23F4N5O3S. The summed E-state index contributed by atoms with van der Waals surface area (Å²) in [7, 11) is 0. The molecule has 1 aromatic heterocycles. The smallest absolute Gasteiger partial charge is 0.389 e. The zero-order valence-corrected chi connectivity index (χ0v) is 20.7. The average Bonchev–Trinajstić information content (AvgIpc) is 3.02. The van der Waals surface area contributed by atoms with Crippen LogP contribution in [0.4, 0.5) is 28.9 Å². The molecule has 1 aromatic carbocycles. The van der Waals surface area contributed by atoms with E-state index in [1.165, 1.54) is 36.9 Å². The molecule has 2 aliphatic rings. The summed E-state index contributed by atoms with van der Waals surface area (Å²) in [5, 5.41) is 21.3. The first-order chi connectivity index (χ1) is 17.2. The lowest BCUT2D eigenvalue weighted by Gasteiger charge is -2.44. The summed E-state index contributed by atoms with van der Waals surface area (Å²) in [6, 6.07) is 5.81. The van der Waals surface area contributed by atoms with Crippen molar-refractivity contribution in [3.63, 3.8) is 0 Å². The number of halogens is 4. The Morgan fingerprint density at radius 1 is 1.30 bits per heavy atom. The third-order valence-electron chi connectivity index (χ3n) is 6.44. The minimum absolute atomic E-state index is 0.108. The van der Waals surface area contributed by atoms with E-state index in [0.717, 1.165) is 17.2 Å². The van der Waals surface area contributed by atoms with Gasteiger partial charge in [0.05, 0.1) is 28.6 Å². The number of rotatable bonds is 5. The molecule has 4 rings (SSSR count). The van der Waals surface area contributed by atoms with E-state index in [1.807, 2.05) is 0 Å². The number of pyridine rings is 1. The predicted octanol–water partition coefficient (Wildman–Crippen LogP) is 3.60. The first-order valence-corrected chi connectivity index (χ1v) is 11.8. The molecular weight excluding hydrogens is 514 g/mol. The summed E-state index contributed by atoms with van der Waals surface area (Å²) in [5.41, 5.74) is -5.84. The van der Waals surface area contributed by atoms with Gasteiger partial charge in [0, 0.05) is 12.2 Å². The Hall–Kier alpha value is -3.37. The number of alkyl halides is 3. The highest BCUT2D eigenvalue weighted by molar-refractivity contribution is 7.81. The minimum atomic E-state index is -4.87. The van der Waals surface area contributed by atoms with Crippen LogP contribution in [-0.2, 0) is 11.0 Å². The first kappa shape index (κ1) is 26.7. The largest absolute Gasteiger partial charge is 0.419 e. The van der Waals surface area contributed by atoms with E-state index >= 15 is 4.39 Å². The molecule has 1 atom stereocenters. The highest BCUT2D eigenvalue weighted by Gasteiger charge is 2.60. The number of amides is 2. The van der Waals surface area contributed by atoms with Gasteiger partial charge in [0.1, 0.15) is 17.4 Å². The predicted molar refractivity (Wildman–Crippen MR) is 128 cm³/mol. The summed E-state index contributed by atoms with van der Waals surface area (Å²) in [5.74, 6) is -2.15. The van der Waals surface area contributed by atoms with E-state index < -0.39 is 51.7 Å². The third kappa shape index (κ3) is 4.71. The fraction of sp³-hybridized carbons (Fsp3) is 0.417. The van der Waals surface area contributed by atoms with Gasteiger partial charge < -0.3 is 15.3 Å². The summed E-state index contributed by atoms with van der Waals surface area (Å²) >= 11 is 4.51. The lowest BCUT2D eigenvalue weighted by Crippen LogP contribution is -2.55. The average molecular weight is 538 g/mol. The highest BCUT2D eigenvalue weighted by atomic mass is 32.1. The van der Waals surface area contributed by atoms with Gasteiger partial charge in [0.15, 0.2) is 11.2 Å².